The summed E-state index contributed by atoms with van der Waals surface area (Å²) < 4.78 is 39.9. The van der Waals surface area contributed by atoms with Crippen molar-refractivity contribution in [3.8, 4) is 5.75 Å². The Balaban J connectivity index is 2.07. The molecule has 0 aliphatic heterocycles. The van der Waals surface area contributed by atoms with Crippen molar-refractivity contribution < 1.29 is 52.1 Å². The minimum atomic E-state index is -3.73. The lowest BCUT2D eigenvalue weighted by molar-refractivity contribution is -0.174. The molecule has 2 aromatic carbocycles. The third kappa shape index (κ3) is 16.5. The van der Waals surface area contributed by atoms with Crippen LogP contribution in [0.2, 0.25) is 0 Å². The number of methoxy groups -OCH3 is 1. The summed E-state index contributed by atoms with van der Waals surface area (Å²) in [5.74, 6) is -2.40. The molecule has 52 heavy (non-hydrogen) atoms. The fraction of sp³-hybridized carbons (Fsp3) is 0.526. The van der Waals surface area contributed by atoms with E-state index in [2.05, 4.69) is 10.6 Å². The molecular weight excluding hydrogens is 691 g/mol. The number of carbonyl (C=O) groups is 4. The van der Waals surface area contributed by atoms with E-state index in [0.29, 0.717) is 11.3 Å². The zero-order valence-electron chi connectivity index (χ0n) is 31.1. The van der Waals surface area contributed by atoms with Crippen molar-refractivity contribution in [3.63, 3.8) is 0 Å². The summed E-state index contributed by atoms with van der Waals surface area (Å²) in [5, 5.41) is 14.9. The number of hydrogen-bond donors (Lipinski definition) is 3. The van der Waals surface area contributed by atoms with Gasteiger partial charge in [-0.2, -0.15) is 0 Å². The third-order valence-corrected chi connectivity index (χ3v) is 9.73. The van der Waals surface area contributed by atoms with Gasteiger partial charge in [-0.1, -0.05) is 75.4 Å². The van der Waals surface area contributed by atoms with Gasteiger partial charge in [-0.3, -0.25) is 18.9 Å². The number of ether oxygens (including phenoxy) is 3. The number of amides is 2. The number of aliphatic hydroxyl groups excluding tert-OH is 1. The second-order valence-electron chi connectivity index (χ2n) is 12.5. The summed E-state index contributed by atoms with van der Waals surface area (Å²) in [5.41, 5.74) is 1.68. The maximum absolute atomic E-state index is 13.3. The smallest absolute Gasteiger partial charge is 0.347 e. The first-order valence-electron chi connectivity index (χ1n) is 17.6. The second kappa shape index (κ2) is 23.5. The second-order valence-corrected chi connectivity index (χ2v) is 14.6. The number of hydrogen-bond acceptors (Lipinski definition) is 11. The Kier molecular flexibility index (Phi) is 20.0. The van der Waals surface area contributed by atoms with Gasteiger partial charge in [0.15, 0.2) is 6.10 Å². The Labute approximate surface area is 307 Å². The van der Waals surface area contributed by atoms with Crippen LogP contribution in [0, 0.1) is 11.8 Å². The topological polar surface area (TPSA) is 176 Å². The van der Waals surface area contributed by atoms with Gasteiger partial charge in [0.1, 0.15) is 24.1 Å². The van der Waals surface area contributed by atoms with Gasteiger partial charge >= 0.3 is 19.5 Å². The quantitative estimate of drug-likeness (QED) is 0.0963. The minimum Gasteiger partial charge on any atom is -0.497 e. The largest absolute Gasteiger partial charge is 0.497 e. The highest BCUT2D eigenvalue weighted by Gasteiger charge is 2.32. The normalized spacial score (nSPS) is 13.9. The molecule has 0 aliphatic rings. The van der Waals surface area contributed by atoms with Gasteiger partial charge in [0.25, 0.3) is 0 Å². The lowest BCUT2D eigenvalue weighted by Gasteiger charge is -2.25. The highest BCUT2D eigenvalue weighted by atomic mass is 31.2. The van der Waals surface area contributed by atoms with Crippen molar-refractivity contribution in [3.05, 3.63) is 71.8 Å². The minimum absolute atomic E-state index is 0.0140. The summed E-state index contributed by atoms with van der Waals surface area (Å²) in [6.45, 7) is 8.68. The number of rotatable bonds is 24. The molecule has 0 heterocycles. The zero-order chi connectivity index (χ0) is 38.5. The van der Waals surface area contributed by atoms with Crippen molar-refractivity contribution >= 4 is 37.4 Å². The van der Waals surface area contributed by atoms with Crippen molar-refractivity contribution in [2.45, 2.75) is 78.6 Å². The van der Waals surface area contributed by atoms with Crippen LogP contribution in [-0.4, -0.2) is 86.7 Å². The number of benzene rings is 2. The van der Waals surface area contributed by atoms with Crippen LogP contribution in [0.3, 0.4) is 0 Å². The molecule has 3 N–H and O–H groups in total. The zero-order valence-corrected chi connectivity index (χ0v) is 32.0. The van der Waals surface area contributed by atoms with Crippen molar-refractivity contribution in [2.24, 2.45) is 11.8 Å². The van der Waals surface area contributed by atoms with Crippen LogP contribution in [0.25, 0.3) is 6.08 Å². The summed E-state index contributed by atoms with van der Waals surface area (Å²) in [4.78, 5) is 52.5. The monoisotopic (exact) mass is 746 g/mol. The first-order valence-corrected chi connectivity index (χ1v) is 19.4. The predicted molar refractivity (Wildman–Crippen MR) is 198 cm³/mol. The van der Waals surface area contributed by atoms with E-state index in [1.165, 1.54) is 7.11 Å². The van der Waals surface area contributed by atoms with Gasteiger partial charge in [-0.15, -0.1) is 0 Å². The first kappa shape index (κ1) is 44.1. The van der Waals surface area contributed by atoms with Crippen LogP contribution < -0.4 is 15.4 Å². The van der Waals surface area contributed by atoms with Crippen molar-refractivity contribution in [1.29, 1.82) is 0 Å². The molecule has 288 valence electrons. The van der Waals surface area contributed by atoms with Gasteiger partial charge in [0.2, 0.25) is 11.8 Å². The van der Waals surface area contributed by atoms with E-state index in [0.717, 1.165) is 5.56 Å². The van der Waals surface area contributed by atoms with Crippen molar-refractivity contribution in [2.75, 3.05) is 39.6 Å². The molecule has 2 aromatic rings. The Morgan fingerprint density at radius 3 is 2.15 bits per heavy atom. The van der Waals surface area contributed by atoms with Crippen LogP contribution in [0.1, 0.15) is 65.0 Å². The molecule has 0 bridgehead atoms. The van der Waals surface area contributed by atoms with E-state index >= 15 is 0 Å². The summed E-state index contributed by atoms with van der Waals surface area (Å²) >= 11 is 0. The first-order chi connectivity index (χ1) is 24.8. The molecule has 0 unspecified atom stereocenters. The van der Waals surface area contributed by atoms with E-state index in [4.69, 9.17) is 23.3 Å². The third-order valence-electron chi connectivity index (χ3n) is 7.75. The van der Waals surface area contributed by atoms with Crippen LogP contribution in [0.4, 0.5) is 0 Å². The molecule has 0 aromatic heterocycles. The van der Waals surface area contributed by atoms with E-state index in [1.54, 1.807) is 38.1 Å². The average molecular weight is 747 g/mol. The van der Waals surface area contributed by atoms with Gasteiger partial charge in [-0.25, -0.2) is 4.79 Å². The van der Waals surface area contributed by atoms with Gasteiger partial charge in [-0.05, 0) is 49.4 Å². The molecule has 0 fully saturated rings. The van der Waals surface area contributed by atoms with Crippen LogP contribution in [0.15, 0.2) is 60.7 Å². The predicted octanol–water partition coefficient (Wildman–Crippen LogP) is 5.10. The van der Waals surface area contributed by atoms with E-state index in [1.807, 2.05) is 63.3 Å². The summed E-state index contributed by atoms with van der Waals surface area (Å²) in [6.07, 6.45) is 1.60. The summed E-state index contributed by atoms with van der Waals surface area (Å²) in [7, 11) is -2.20. The molecule has 0 radical (unpaired) electrons. The molecule has 14 heteroatoms. The number of aliphatic hydroxyl groups is 1. The molecule has 4 atom stereocenters. The van der Waals surface area contributed by atoms with E-state index < -0.39 is 55.8 Å². The number of nitrogens with one attached hydrogen (secondary N) is 2. The average Bonchev–Trinajstić information content (AvgIpc) is 3.10. The molecule has 13 nitrogen and oxygen atoms in total. The lowest BCUT2D eigenvalue weighted by Crippen LogP contribution is -2.49. The van der Waals surface area contributed by atoms with Crippen LogP contribution >= 0.6 is 7.60 Å². The standard InChI is InChI=1S/C38H55N2O11P/c1-7-48-52(46,49-8-2)26-35(42)40-32(25-30-16-18-31(47-6)19-17-30)37(44)39-22-20-36(43)50-34(24-27(3)4)38(45)51-33(21-23-41)28(5)14-15-29-12-10-9-11-13-29/h9-19,27-28,32-34,41H,7-8,20-26H2,1-6H3,(H,39,44)(H,40,42)/b15-14+/t28-,32-,33+,34+/m1/s1. The maximum Gasteiger partial charge on any atom is 0.347 e. The molecule has 0 saturated carbocycles. The highest BCUT2D eigenvalue weighted by Crippen LogP contribution is 2.47. The molecule has 0 aliphatic carbocycles. The molecule has 2 amide bonds. The fourth-order valence-corrected chi connectivity index (χ4v) is 6.61. The van der Waals surface area contributed by atoms with Gasteiger partial charge in [0.05, 0.1) is 26.7 Å². The Bertz CT molecular complexity index is 1460. The number of carbonyl (C=O) groups excluding carboxylic acids is 4. The number of esters is 2. The Morgan fingerprint density at radius 1 is 0.923 bits per heavy atom. The van der Waals surface area contributed by atoms with Crippen LogP contribution in [-0.2, 0) is 48.7 Å². The van der Waals surface area contributed by atoms with Crippen LogP contribution in [0.5, 0.6) is 5.75 Å². The maximum atomic E-state index is 13.3. The molecule has 0 saturated heterocycles. The van der Waals surface area contributed by atoms with E-state index in [-0.39, 0.29) is 63.9 Å². The SMILES string of the molecule is CCOP(=O)(CC(=O)N[C@H](Cc1ccc(OC)cc1)C(=O)NCCC(=O)O[C@@H](CC(C)C)C(=O)O[C@@H](CCO)[C@H](C)/C=C/c1ccccc1)OCC. The highest BCUT2D eigenvalue weighted by molar-refractivity contribution is 7.54. The van der Waals surface area contributed by atoms with Gasteiger partial charge < -0.3 is 39.0 Å². The molecule has 2 rings (SSSR count). The van der Waals surface area contributed by atoms with Gasteiger partial charge in [0, 0.05) is 31.9 Å². The Morgan fingerprint density at radius 2 is 1.58 bits per heavy atom. The molecule has 0 spiro atoms. The molecular formula is C38H55N2O11P. The Hall–Kier alpha value is -4.03. The lowest BCUT2D eigenvalue weighted by atomic mass is 10.00. The van der Waals surface area contributed by atoms with Crippen molar-refractivity contribution in [1.82, 2.24) is 10.6 Å². The summed E-state index contributed by atoms with van der Waals surface area (Å²) in [6, 6.07) is 15.5. The fourth-order valence-electron chi connectivity index (χ4n) is 5.13. The van der Waals surface area contributed by atoms with E-state index in [9.17, 15) is 28.8 Å².